The second-order valence-electron chi connectivity index (χ2n) is 11.8. The molecule has 0 aliphatic carbocycles. The molecule has 1 N–H and O–H groups in total. The maximum atomic E-state index is 13.7. The van der Waals surface area contributed by atoms with E-state index in [0.717, 1.165) is 25.7 Å². The van der Waals surface area contributed by atoms with Gasteiger partial charge in [-0.1, -0.05) is 44.6 Å². The van der Waals surface area contributed by atoms with Crippen LogP contribution in [0.4, 0.5) is 0 Å². The predicted molar refractivity (Wildman–Crippen MR) is 147 cm³/mol. The number of aromatic hydroxyl groups is 1. The zero-order valence-corrected chi connectivity index (χ0v) is 23.6. The average molecular weight is 537 g/mol. The quantitative estimate of drug-likeness (QED) is 0.247. The Hall–Kier alpha value is -2.90. The van der Waals surface area contributed by atoms with Gasteiger partial charge in [0.05, 0.1) is 28.9 Å². The molecule has 4 aliphatic rings. The van der Waals surface area contributed by atoms with Crippen molar-refractivity contribution in [2.45, 2.75) is 104 Å². The number of carbonyl (C=O) groups is 2. The monoisotopic (exact) mass is 536 g/mol. The van der Waals surface area contributed by atoms with E-state index in [1.807, 2.05) is 12.2 Å². The van der Waals surface area contributed by atoms with Gasteiger partial charge in [0.2, 0.25) is 0 Å². The Bertz CT molecular complexity index is 1240. The van der Waals surface area contributed by atoms with E-state index < -0.39 is 23.8 Å². The summed E-state index contributed by atoms with van der Waals surface area (Å²) in [5, 5.41) is 10.7. The third-order valence-electron chi connectivity index (χ3n) is 8.53. The molecule has 2 bridgehead atoms. The number of aryl methyl sites for hydroxylation is 1. The Balaban J connectivity index is 1.56. The number of carbonyl (C=O) groups excluding carboxylic acids is 2. The van der Waals surface area contributed by atoms with Crippen molar-refractivity contribution in [3.63, 3.8) is 0 Å². The van der Waals surface area contributed by atoms with E-state index in [0.29, 0.717) is 30.7 Å². The molecular weight excluding hydrogens is 496 g/mol. The third kappa shape index (κ3) is 5.57. The highest BCUT2D eigenvalue weighted by Crippen LogP contribution is 2.47. The SMILES string of the molecule is CCC1OC2(CCC1C)CC1CC(CC=C(C)CC(C)C=CC=C3C(=O)Oc4c(O)c(C)cc(c43)C(=O)O1)O2. The maximum Gasteiger partial charge on any atom is 0.344 e. The maximum absolute atomic E-state index is 13.7. The second kappa shape index (κ2) is 10.9. The minimum absolute atomic E-state index is 0.0104. The van der Waals surface area contributed by atoms with Gasteiger partial charge >= 0.3 is 11.9 Å². The molecule has 0 aromatic heterocycles. The van der Waals surface area contributed by atoms with Crippen LogP contribution in [-0.2, 0) is 19.0 Å². The average Bonchev–Trinajstić information content (AvgIpc) is 3.22. The normalized spacial score (nSPS) is 33.2. The van der Waals surface area contributed by atoms with Crippen molar-refractivity contribution in [2.75, 3.05) is 0 Å². The first-order valence-corrected chi connectivity index (χ1v) is 14.3. The topological polar surface area (TPSA) is 91.3 Å². The van der Waals surface area contributed by atoms with E-state index in [4.69, 9.17) is 18.9 Å². The number of esters is 2. The smallest absolute Gasteiger partial charge is 0.344 e. The molecule has 1 aromatic rings. The molecule has 39 heavy (non-hydrogen) atoms. The lowest BCUT2D eigenvalue weighted by Gasteiger charge is -2.49. The van der Waals surface area contributed by atoms with E-state index >= 15 is 0 Å². The minimum atomic E-state index is -0.790. The van der Waals surface area contributed by atoms with Crippen LogP contribution in [0.15, 0.2) is 35.9 Å². The zero-order chi connectivity index (χ0) is 27.9. The lowest BCUT2D eigenvalue weighted by molar-refractivity contribution is -0.334. The molecule has 1 spiro atoms. The highest BCUT2D eigenvalue weighted by molar-refractivity contribution is 6.24. The minimum Gasteiger partial charge on any atom is -0.504 e. The summed E-state index contributed by atoms with van der Waals surface area (Å²) in [6.45, 7) is 10.3. The molecule has 210 valence electrons. The molecule has 0 amide bonds. The van der Waals surface area contributed by atoms with Crippen molar-refractivity contribution in [1.82, 2.24) is 0 Å². The molecule has 4 aliphatic heterocycles. The van der Waals surface area contributed by atoms with Crippen molar-refractivity contribution in [2.24, 2.45) is 11.8 Å². The lowest BCUT2D eigenvalue weighted by Crippen LogP contribution is -2.54. The Kier molecular flexibility index (Phi) is 7.75. The van der Waals surface area contributed by atoms with Crippen LogP contribution >= 0.6 is 0 Å². The van der Waals surface area contributed by atoms with Crippen LogP contribution in [0.25, 0.3) is 5.57 Å². The summed E-state index contributed by atoms with van der Waals surface area (Å²) >= 11 is 0. The van der Waals surface area contributed by atoms with E-state index in [1.165, 1.54) is 5.57 Å². The zero-order valence-electron chi connectivity index (χ0n) is 23.6. The highest BCUT2D eigenvalue weighted by Gasteiger charge is 2.48. The van der Waals surface area contributed by atoms with E-state index in [2.05, 4.69) is 33.8 Å². The molecule has 0 saturated carbocycles. The number of allylic oxidation sites excluding steroid dienone is 4. The molecule has 6 atom stereocenters. The number of phenols is 1. The summed E-state index contributed by atoms with van der Waals surface area (Å²) in [6.07, 6.45) is 12.5. The summed E-state index contributed by atoms with van der Waals surface area (Å²) in [5.74, 6) is -1.40. The van der Waals surface area contributed by atoms with Gasteiger partial charge in [-0.15, -0.1) is 0 Å². The Morgan fingerprint density at radius 3 is 2.67 bits per heavy atom. The largest absolute Gasteiger partial charge is 0.504 e. The van der Waals surface area contributed by atoms with E-state index in [1.54, 1.807) is 19.1 Å². The van der Waals surface area contributed by atoms with Gasteiger partial charge in [-0.3, -0.25) is 0 Å². The Morgan fingerprint density at radius 1 is 1.10 bits per heavy atom. The van der Waals surface area contributed by atoms with Crippen LogP contribution in [0.5, 0.6) is 11.5 Å². The molecule has 2 saturated heterocycles. The summed E-state index contributed by atoms with van der Waals surface area (Å²) in [7, 11) is 0. The number of phenolic OH excluding ortho intramolecular Hbond substituents is 1. The van der Waals surface area contributed by atoms with Gasteiger partial charge in [-0.2, -0.15) is 0 Å². The van der Waals surface area contributed by atoms with Crippen LogP contribution in [0.3, 0.4) is 0 Å². The molecule has 7 heteroatoms. The van der Waals surface area contributed by atoms with Gasteiger partial charge in [0, 0.05) is 19.3 Å². The van der Waals surface area contributed by atoms with Crippen LogP contribution in [0.1, 0.15) is 94.1 Å². The first-order chi connectivity index (χ1) is 18.6. The molecule has 4 heterocycles. The van der Waals surface area contributed by atoms with Gasteiger partial charge in [0.15, 0.2) is 17.3 Å². The fourth-order valence-electron chi connectivity index (χ4n) is 6.42. The number of hydrogen-bond acceptors (Lipinski definition) is 7. The fraction of sp³-hybridized carbons (Fsp3) is 0.562. The van der Waals surface area contributed by atoms with E-state index in [-0.39, 0.29) is 46.3 Å². The lowest BCUT2D eigenvalue weighted by atomic mass is 9.85. The number of hydrogen-bond donors (Lipinski definition) is 1. The van der Waals surface area contributed by atoms with Crippen LogP contribution in [0.2, 0.25) is 0 Å². The summed E-state index contributed by atoms with van der Waals surface area (Å²) in [5.41, 5.74) is 2.41. The highest BCUT2D eigenvalue weighted by atomic mass is 16.7. The summed E-state index contributed by atoms with van der Waals surface area (Å²) in [4.78, 5) is 26.6. The third-order valence-corrected chi connectivity index (χ3v) is 8.53. The van der Waals surface area contributed by atoms with Crippen molar-refractivity contribution < 1.29 is 33.6 Å². The molecule has 7 nitrogen and oxygen atoms in total. The number of rotatable bonds is 1. The molecule has 1 aromatic carbocycles. The Morgan fingerprint density at radius 2 is 1.90 bits per heavy atom. The number of ether oxygens (including phenoxy) is 4. The summed E-state index contributed by atoms with van der Waals surface area (Å²) < 4.78 is 24.9. The van der Waals surface area contributed by atoms with Crippen molar-refractivity contribution >= 4 is 17.5 Å². The first kappa shape index (κ1) is 27.7. The fourth-order valence-corrected chi connectivity index (χ4v) is 6.42. The summed E-state index contributed by atoms with van der Waals surface area (Å²) in [6, 6.07) is 1.58. The molecule has 2 fully saturated rings. The second-order valence-corrected chi connectivity index (χ2v) is 11.8. The molecule has 5 rings (SSSR count). The van der Waals surface area contributed by atoms with Crippen molar-refractivity contribution in [1.29, 1.82) is 0 Å². The number of fused-ring (bicyclic) bond motifs is 2. The molecule has 6 unspecified atom stereocenters. The predicted octanol–water partition coefficient (Wildman–Crippen LogP) is 6.56. The first-order valence-electron chi connectivity index (χ1n) is 14.3. The van der Waals surface area contributed by atoms with E-state index in [9.17, 15) is 14.7 Å². The van der Waals surface area contributed by atoms with Gasteiger partial charge in [0.1, 0.15) is 6.10 Å². The van der Waals surface area contributed by atoms with Gasteiger partial charge in [0.25, 0.3) is 0 Å². The molecule has 0 radical (unpaired) electrons. The van der Waals surface area contributed by atoms with Gasteiger partial charge < -0.3 is 24.1 Å². The van der Waals surface area contributed by atoms with Gasteiger partial charge in [-0.25, -0.2) is 9.59 Å². The van der Waals surface area contributed by atoms with Crippen molar-refractivity contribution in [3.05, 3.63) is 52.6 Å². The standard InChI is InChI=1S/C32H40O7/c1-6-26-20(4)12-13-32(39-26)17-23-16-22(38-32)11-10-19(3)14-18(2)8-7-9-24-27-25(31(35)36-23)15-21(5)28(33)29(27)37-30(24)34/h7-10,15,18,20,22-23,26,33H,6,11-14,16-17H2,1-5H3. The van der Waals surface area contributed by atoms with Gasteiger partial charge in [-0.05, 0) is 69.1 Å². The number of benzene rings is 1. The van der Waals surface area contributed by atoms with Crippen LogP contribution < -0.4 is 4.74 Å². The Labute approximate surface area is 230 Å². The van der Waals surface area contributed by atoms with Crippen LogP contribution in [-0.4, -0.2) is 41.1 Å². The molecular formula is C32H40O7. The van der Waals surface area contributed by atoms with Crippen LogP contribution in [0, 0.1) is 18.8 Å². The van der Waals surface area contributed by atoms with Crippen molar-refractivity contribution in [3.8, 4) is 11.5 Å².